The average Bonchev–Trinajstić information content (AvgIpc) is 3.43. The molecule has 3 atom stereocenters. The molecule has 0 unspecified atom stereocenters. The van der Waals surface area contributed by atoms with Crippen molar-refractivity contribution in [3.8, 4) is 0 Å². The smallest absolute Gasteiger partial charge is 0.416 e. The van der Waals surface area contributed by atoms with E-state index in [4.69, 9.17) is 4.74 Å². The zero-order chi connectivity index (χ0) is 23.5. The highest BCUT2D eigenvalue weighted by Gasteiger charge is 2.46. The number of rotatable bonds is 6. The van der Waals surface area contributed by atoms with Gasteiger partial charge in [0.25, 0.3) is 0 Å². The van der Waals surface area contributed by atoms with E-state index >= 15 is 0 Å². The minimum Gasteiger partial charge on any atom is -0.447 e. The van der Waals surface area contributed by atoms with Crippen LogP contribution in [0.25, 0.3) is 0 Å². The number of carbonyl (C=O) groups is 2. The number of carbonyl (C=O) groups excluding carboxylic acids is 2. The number of cyclic esters (lactones) is 1. The summed E-state index contributed by atoms with van der Waals surface area (Å²) in [6, 6.07) is 26.0. The van der Waals surface area contributed by atoms with E-state index in [1.165, 1.54) is 17.0 Å². The quantitative estimate of drug-likeness (QED) is 0.540. The van der Waals surface area contributed by atoms with E-state index in [1.54, 1.807) is 6.07 Å². The highest BCUT2D eigenvalue weighted by atomic mass is 19.1. The third kappa shape index (κ3) is 4.73. The summed E-state index contributed by atoms with van der Waals surface area (Å²) in [5.74, 6) is -1.24. The van der Waals surface area contributed by atoms with Crippen molar-refractivity contribution in [1.29, 1.82) is 0 Å². The SMILES string of the molecule is O=C1OC[C@H](Cc2ccccc2)N1C(=O)[C@@H]1CN(Cc2ccccc2)C[C@H]1c1cccc(F)c1. The van der Waals surface area contributed by atoms with E-state index in [2.05, 4.69) is 17.0 Å². The molecule has 2 amide bonds. The summed E-state index contributed by atoms with van der Waals surface area (Å²) < 4.78 is 19.4. The fourth-order valence-electron chi connectivity index (χ4n) is 5.13. The van der Waals surface area contributed by atoms with Crippen LogP contribution in [0.2, 0.25) is 0 Å². The fourth-order valence-corrected chi connectivity index (χ4v) is 5.13. The minimum atomic E-state index is -0.592. The molecule has 2 saturated heterocycles. The summed E-state index contributed by atoms with van der Waals surface area (Å²) in [5.41, 5.74) is 2.97. The molecule has 2 aliphatic heterocycles. The number of ether oxygens (including phenoxy) is 1. The van der Waals surface area contributed by atoms with E-state index in [1.807, 2.05) is 54.6 Å². The van der Waals surface area contributed by atoms with Gasteiger partial charge >= 0.3 is 6.09 Å². The Kier molecular flexibility index (Phi) is 6.41. The number of likely N-dealkylation sites (tertiary alicyclic amines) is 1. The van der Waals surface area contributed by atoms with Crippen molar-refractivity contribution in [2.24, 2.45) is 5.92 Å². The lowest BCUT2D eigenvalue weighted by molar-refractivity contribution is -0.133. The van der Waals surface area contributed by atoms with Crippen molar-refractivity contribution in [2.45, 2.75) is 24.9 Å². The number of halogens is 1. The molecular formula is C28H27FN2O3. The van der Waals surface area contributed by atoms with Gasteiger partial charge in [-0.05, 0) is 35.2 Å². The van der Waals surface area contributed by atoms with Crippen LogP contribution in [0.5, 0.6) is 0 Å². The van der Waals surface area contributed by atoms with Crippen LogP contribution in [0.4, 0.5) is 9.18 Å². The first-order valence-corrected chi connectivity index (χ1v) is 11.6. The van der Waals surface area contributed by atoms with Crippen LogP contribution < -0.4 is 0 Å². The molecule has 34 heavy (non-hydrogen) atoms. The second-order valence-corrected chi connectivity index (χ2v) is 9.08. The predicted octanol–water partition coefficient (Wildman–Crippen LogP) is 4.63. The predicted molar refractivity (Wildman–Crippen MR) is 126 cm³/mol. The van der Waals surface area contributed by atoms with E-state index in [9.17, 15) is 14.0 Å². The first kappa shape index (κ1) is 22.3. The molecule has 0 bridgehead atoms. The lowest BCUT2D eigenvalue weighted by atomic mass is 9.87. The Morgan fingerprint density at radius 1 is 0.912 bits per heavy atom. The largest absolute Gasteiger partial charge is 0.447 e. The standard InChI is InChI=1S/C28H27FN2O3/c29-23-13-7-12-22(15-23)25-17-30(16-21-10-5-2-6-11-21)18-26(25)27(32)31-24(19-34-28(31)33)14-20-8-3-1-4-9-20/h1-13,15,24-26H,14,16-19H2/t24-,25-,26+/m0/s1. The molecule has 3 aromatic carbocycles. The second-order valence-electron chi connectivity index (χ2n) is 9.08. The number of imide groups is 1. The monoisotopic (exact) mass is 458 g/mol. The van der Waals surface area contributed by atoms with Gasteiger partial charge in [-0.15, -0.1) is 0 Å². The van der Waals surface area contributed by atoms with Gasteiger partial charge in [-0.1, -0.05) is 72.8 Å². The Morgan fingerprint density at radius 2 is 1.62 bits per heavy atom. The van der Waals surface area contributed by atoms with Crippen molar-refractivity contribution in [3.63, 3.8) is 0 Å². The fraction of sp³-hybridized carbons (Fsp3) is 0.286. The van der Waals surface area contributed by atoms with Gasteiger partial charge in [-0.3, -0.25) is 9.69 Å². The van der Waals surface area contributed by atoms with Gasteiger partial charge in [-0.25, -0.2) is 14.1 Å². The van der Waals surface area contributed by atoms with E-state index in [0.717, 1.165) is 16.7 Å². The number of benzene rings is 3. The molecule has 0 N–H and O–H groups in total. The molecule has 3 aromatic rings. The Labute approximate surface area is 198 Å². The molecule has 0 spiro atoms. The maximum Gasteiger partial charge on any atom is 0.416 e. The third-order valence-corrected chi connectivity index (χ3v) is 6.75. The molecule has 5 rings (SSSR count). The number of hydrogen-bond acceptors (Lipinski definition) is 4. The second kappa shape index (κ2) is 9.77. The number of hydrogen-bond donors (Lipinski definition) is 0. The Bertz CT molecular complexity index is 1150. The lowest BCUT2D eigenvalue weighted by Crippen LogP contribution is -2.45. The third-order valence-electron chi connectivity index (χ3n) is 6.75. The Hall–Kier alpha value is -3.51. The molecular weight excluding hydrogens is 431 g/mol. The van der Waals surface area contributed by atoms with Crippen LogP contribution in [0.3, 0.4) is 0 Å². The van der Waals surface area contributed by atoms with Crippen molar-refractivity contribution < 1.29 is 18.7 Å². The lowest BCUT2D eigenvalue weighted by Gasteiger charge is -2.26. The Morgan fingerprint density at radius 3 is 2.32 bits per heavy atom. The Balaban J connectivity index is 1.40. The number of nitrogens with zero attached hydrogens (tertiary/aromatic N) is 2. The van der Waals surface area contributed by atoms with Crippen LogP contribution in [-0.4, -0.2) is 47.5 Å². The van der Waals surface area contributed by atoms with E-state index in [-0.39, 0.29) is 30.3 Å². The van der Waals surface area contributed by atoms with Crippen molar-refractivity contribution >= 4 is 12.0 Å². The van der Waals surface area contributed by atoms with Crippen LogP contribution in [0.1, 0.15) is 22.6 Å². The number of amides is 2. The van der Waals surface area contributed by atoms with Crippen LogP contribution >= 0.6 is 0 Å². The molecule has 5 nitrogen and oxygen atoms in total. The van der Waals surface area contributed by atoms with Gasteiger partial charge < -0.3 is 4.74 Å². The molecule has 2 aliphatic rings. The average molecular weight is 459 g/mol. The maximum atomic E-state index is 14.1. The van der Waals surface area contributed by atoms with Crippen molar-refractivity contribution in [1.82, 2.24) is 9.80 Å². The normalized spacial score (nSPS) is 22.7. The highest BCUT2D eigenvalue weighted by Crippen LogP contribution is 2.36. The molecule has 2 heterocycles. The van der Waals surface area contributed by atoms with Crippen LogP contribution in [0, 0.1) is 11.7 Å². The summed E-state index contributed by atoms with van der Waals surface area (Å²) in [5, 5.41) is 0. The molecule has 0 radical (unpaired) electrons. The maximum absolute atomic E-state index is 14.1. The zero-order valence-corrected chi connectivity index (χ0v) is 18.8. The minimum absolute atomic E-state index is 0.185. The molecule has 0 saturated carbocycles. The summed E-state index contributed by atoms with van der Waals surface area (Å²) in [6.45, 7) is 1.98. The molecule has 174 valence electrons. The van der Waals surface area contributed by atoms with Crippen molar-refractivity contribution in [2.75, 3.05) is 19.7 Å². The van der Waals surface area contributed by atoms with Gasteiger partial charge in [0.1, 0.15) is 12.4 Å². The van der Waals surface area contributed by atoms with Gasteiger partial charge in [-0.2, -0.15) is 0 Å². The summed E-state index contributed by atoms with van der Waals surface area (Å²) >= 11 is 0. The van der Waals surface area contributed by atoms with Crippen molar-refractivity contribution in [3.05, 3.63) is 107 Å². The zero-order valence-electron chi connectivity index (χ0n) is 18.8. The molecule has 0 aliphatic carbocycles. The summed E-state index contributed by atoms with van der Waals surface area (Å²) in [7, 11) is 0. The topological polar surface area (TPSA) is 49.9 Å². The first-order valence-electron chi connectivity index (χ1n) is 11.6. The summed E-state index contributed by atoms with van der Waals surface area (Å²) in [4.78, 5) is 30.0. The summed E-state index contributed by atoms with van der Waals surface area (Å²) in [6.07, 6.45) is -0.0472. The van der Waals surface area contributed by atoms with Crippen LogP contribution in [-0.2, 0) is 22.5 Å². The van der Waals surface area contributed by atoms with Gasteiger partial charge in [0.15, 0.2) is 0 Å². The molecule has 2 fully saturated rings. The highest BCUT2D eigenvalue weighted by molar-refractivity contribution is 5.95. The van der Waals surface area contributed by atoms with Gasteiger partial charge in [0, 0.05) is 25.6 Å². The van der Waals surface area contributed by atoms with Crippen LogP contribution in [0.15, 0.2) is 84.9 Å². The van der Waals surface area contributed by atoms with Gasteiger partial charge in [0.2, 0.25) is 5.91 Å². The molecule has 0 aromatic heterocycles. The molecule has 6 heteroatoms. The van der Waals surface area contributed by atoms with E-state index in [0.29, 0.717) is 26.1 Å². The first-order chi connectivity index (χ1) is 16.6. The van der Waals surface area contributed by atoms with Gasteiger partial charge in [0.05, 0.1) is 12.0 Å². The van der Waals surface area contributed by atoms with E-state index < -0.39 is 12.0 Å².